The molecule has 1 amide bonds. The van der Waals surface area contributed by atoms with E-state index >= 15 is 0 Å². The van der Waals surface area contributed by atoms with Gasteiger partial charge in [0.05, 0.1) is 0 Å². The molecule has 0 radical (unpaired) electrons. The molecule has 0 bridgehead atoms. The van der Waals surface area contributed by atoms with Crippen LogP contribution in [-0.2, 0) is 16.8 Å². The number of hydrogen-bond donors (Lipinski definition) is 0. The Hall–Kier alpha value is -1.33. The van der Waals surface area contributed by atoms with Crippen molar-refractivity contribution in [2.45, 2.75) is 31.2 Å². The first-order chi connectivity index (χ1) is 13.9. The summed E-state index contributed by atoms with van der Waals surface area (Å²) in [5, 5.41) is 1.16. The van der Waals surface area contributed by atoms with Gasteiger partial charge in [-0.3, -0.25) is 4.79 Å². The molecule has 3 nitrogen and oxygen atoms in total. The predicted octanol–water partition coefficient (Wildman–Crippen LogP) is 5.57. The SMILES string of the molecule is CN1CCC(c2ccc(F)cc2)(C2CCN(Cc3cc(Cl)cc(Cl)c3)C2=O)CC1.Cl. The number of hydrogen-bond acceptors (Lipinski definition) is 2. The molecule has 0 saturated carbocycles. The largest absolute Gasteiger partial charge is 0.338 e. The van der Waals surface area contributed by atoms with Gasteiger partial charge in [-0.15, -0.1) is 12.4 Å². The zero-order valence-corrected chi connectivity index (χ0v) is 19.2. The molecule has 7 heteroatoms. The highest BCUT2D eigenvalue weighted by Gasteiger charge is 2.49. The fraction of sp³-hybridized carbons (Fsp3) is 0.435. The molecule has 2 aromatic rings. The Morgan fingerprint density at radius 1 is 1.03 bits per heavy atom. The zero-order chi connectivity index (χ0) is 20.6. The van der Waals surface area contributed by atoms with Crippen LogP contribution in [0.3, 0.4) is 0 Å². The Labute approximate surface area is 193 Å². The van der Waals surface area contributed by atoms with Crippen molar-refractivity contribution in [1.29, 1.82) is 0 Å². The minimum atomic E-state index is -0.242. The number of carbonyl (C=O) groups is 1. The number of benzene rings is 2. The Morgan fingerprint density at radius 2 is 1.63 bits per heavy atom. The highest BCUT2D eigenvalue weighted by atomic mass is 35.5. The molecule has 0 aromatic heterocycles. The van der Waals surface area contributed by atoms with E-state index in [1.165, 1.54) is 12.1 Å². The number of likely N-dealkylation sites (tertiary alicyclic amines) is 2. The first-order valence-electron chi connectivity index (χ1n) is 10.1. The quantitative estimate of drug-likeness (QED) is 0.582. The van der Waals surface area contributed by atoms with E-state index in [9.17, 15) is 9.18 Å². The molecule has 0 aliphatic carbocycles. The van der Waals surface area contributed by atoms with Crippen molar-refractivity contribution in [1.82, 2.24) is 9.80 Å². The molecule has 2 heterocycles. The fourth-order valence-corrected chi connectivity index (χ4v) is 5.54. The topological polar surface area (TPSA) is 23.6 Å². The molecular weight excluding hydrogens is 446 g/mol. The van der Waals surface area contributed by atoms with E-state index in [0.717, 1.165) is 43.5 Å². The Bertz CT molecular complexity index is 878. The summed E-state index contributed by atoms with van der Waals surface area (Å²) in [4.78, 5) is 17.7. The third-order valence-electron chi connectivity index (χ3n) is 6.56. The molecule has 2 aromatic carbocycles. The van der Waals surface area contributed by atoms with Gasteiger partial charge >= 0.3 is 0 Å². The van der Waals surface area contributed by atoms with Gasteiger partial charge < -0.3 is 9.80 Å². The van der Waals surface area contributed by atoms with Gasteiger partial charge in [0.2, 0.25) is 5.91 Å². The van der Waals surface area contributed by atoms with Crippen LogP contribution in [0, 0.1) is 11.7 Å². The van der Waals surface area contributed by atoms with E-state index in [4.69, 9.17) is 23.2 Å². The van der Waals surface area contributed by atoms with Gasteiger partial charge in [-0.25, -0.2) is 4.39 Å². The lowest BCUT2D eigenvalue weighted by Gasteiger charge is -2.44. The third-order valence-corrected chi connectivity index (χ3v) is 7.00. The average Bonchev–Trinajstić information content (AvgIpc) is 3.03. The average molecular weight is 472 g/mol. The van der Waals surface area contributed by atoms with E-state index in [1.807, 2.05) is 29.2 Å². The molecule has 2 saturated heterocycles. The van der Waals surface area contributed by atoms with Crippen molar-refractivity contribution < 1.29 is 9.18 Å². The number of nitrogens with zero attached hydrogens (tertiary/aromatic N) is 2. The molecular formula is C23H26Cl3FN2O. The number of halogens is 4. The Kier molecular flexibility index (Phi) is 7.34. The van der Waals surface area contributed by atoms with Crippen LogP contribution < -0.4 is 0 Å². The number of amides is 1. The molecule has 30 heavy (non-hydrogen) atoms. The van der Waals surface area contributed by atoms with Gasteiger partial charge in [-0.2, -0.15) is 0 Å². The summed E-state index contributed by atoms with van der Waals surface area (Å²) in [5.41, 5.74) is 1.78. The molecule has 2 aliphatic heterocycles. The van der Waals surface area contributed by atoms with E-state index in [2.05, 4.69) is 11.9 Å². The second kappa shape index (κ2) is 9.44. The van der Waals surface area contributed by atoms with Crippen LogP contribution >= 0.6 is 35.6 Å². The summed E-state index contributed by atoms with van der Waals surface area (Å²) in [6.07, 6.45) is 2.62. The van der Waals surface area contributed by atoms with E-state index in [1.54, 1.807) is 6.07 Å². The summed E-state index contributed by atoms with van der Waals surface area (Å²) in [7, 11) is 2.11. The highest BCUT2D eigenvalue weighted by Crippen LogP contribution is 2.46. The van der Waals surface area contributed by atoms with Crippen molar-refractivity contribution in [3.63, 3.8) is 0 Å². The fourth-order valence-electron chi connectivity index (χ4n) is 4.97. The summed E-state index contributed by atoms with van der Waals surface area (Å²) in [5.74, 6) is -0.152. The van der Waals surface area contributed by atoms with E-state index < -0.39 is 0 Å². The smallest absolute Gasteiger partial charge is 0.226 e. The van der Waals surface area contributed by atoms with Crippen molar-refractivity contribution >= 4 is 41.5 Å². The second-order valence-electron chi connectivity index (χ2n) is 8.35. The maximum atomic E-state index is 13.6. The standard InChI is InChI=1S/C23H25Cl2FN2O.ClH/c1-27-10-7-23(8-11-27,17-2-4-20(26)5-3-17)21-6-9-28(22(21)29)15-16-12-18(24)14-19(25)13-16;/h2-5,12-14,21H,6-11,15H2,1H3;1H. The van der Waals surface area contributed by atoms with Crippen LogP contribution in [-0.4, -0.2) is 42.4 Å². The maximum absolute atomic E-state index is 13.6. The first-order valence-corrected chi connectivity index (χ1v) is 10.8. The molecule has 1 atom stereocenters. The Morgan fingerprint density at radius 3 is 2.23 bits per heavy atom. The minimum absolute atomic E-state index is 0. The van der Waals surface area contributed by atoms with Gasteiger partial charge in [-0.05, 0) is 80.9 Å². The van der Waals surface area contributed by atoms with Gasteiger partial charge in [-0.1, -0.05) is 35.3 Å². The lowest BCUT2D eigenvalue weighted by atomic mass is 9.64. The normalized spacial score (nSPS) is 21.5. The first kappa shape index (κ1) is 23.3. The molecule has 2 fully saturated rings. The minimum Gasteiger partial charge on any atom is -0.338 e. The number of carbonyl (C=O) groups excluding carboxylic acids is 1. The number of rotatable bonds is 4. The van der Waals surface area contributed by atoms with Crippen LogP contribution in [0.15, 0.2) is 42.5 Å². The Balaban J connectivity index is 0.00000256. The second-order valence-corrected chi connectivity index (χ2v) is 9.22. The molecule has 0 N–H and O–H groups in total. The van der Waals surface area contributed by atoms with Crippen molar-refractivity contribution in [2.75, 3.05) is 26.7 Å². The van der Waals surface area contributed by atoms with Gasteiger partial charge in [0.25, 0.3) is 0 Å². The lowest BCUT2D eigenvalue weighted by molar-refractivity contribution is -0.134. The van der Waals surface area contributed by atoms with E-state index in [-0.39, 0.29) is 35.5 Å². The zero-order valence-electron chi connectivity index (χ0n) is 16.9. The summed E-state index contributed by atoms with van der Waals surface area (Å²) >= 11 is 12.3. The maximum Gasteiger partial charge on any atom is 0.226 e. The number of piperidine rings is 1. The van der Waals surface area contributed by atoms with Crippen molar-refractivity contribution in [2.24, 2.45) is 5.92 Å². The van der Waals surface area contributed by atoms with Crippen LogP contribution in [0.4, 0.5) is 4.39 Å². The monoisotopic (exact) mass is 470 g/mol. The third kappa shape index (κ3) is 4.62. The van der Waals surface area contributed by atoms with E-state index in [0.29, 0.717) is 23.1 Å². The van der Waals surface area contributed by atoms with Gasteiger partial charge in [0.1, 0.15) is 5.82 Å². The van der Waals surface area contributed by atoms with Crippen molar-refractivity contribution in [3.05, 3.63) is 69.5 Å². The summed E-state index contributed by atoms with van der Waals surface area (Å²) < 4.78 is 13.6. The predicted molar refractivity (Wildman–Crippen MR) is 122 cm³/mol. The molecule has 0 spiro atoms. The van der Waals surface area contributed by atoms with Crippen LogP contribution in [0.5, 0.6) is 0 Å². The van der Waals surface area contributed by atoms with Gasteiger partial charge in [0, 0.05) is 34.5 Å². The highest BCUT2D eigenvalue weighted by molar-refractivity contribution is 6.34. The lowest BCUT2D eigenvalue weighted by Crippen LogP contribution is -2.48. The summed E-state index contributed by atoms with van der Waals surface area (Å²) in [6, 6.07) is 12.2. The van der Waals surface area contributed by atoms with Crippen LogP contribution in [0.2, 0.25) is 10.0 Å². The molecule has 2 aliphatic rings. The summed E-state index contributed by atoms with van der Waals surface area (Å²) in [6.45, 7) is 3.09. The molecule has 162 valence electrons. The molecule has 4 rings (SSSR count). The molecule has 1 unspecified atom stereocenters. The van der Waals surface area contributed by atoms with Crippen molar-refractivity contribution in [3.8, 4) is 0 Å². The van der Waals surface area contributed by atoms with Gasteiger partial charge in [0.15, 0.2) is 0 Å². The van der Waals surface area contributed by atoms with Crippen LogP contribution in [0.1, 0.15) is 30.4 Å². The van der Waals surface area contributed by atoms with Crippen LogP contribution in [0.25, 0.3) is 0 Å².